The molecule has 0 aliphatic rings. The summed E-state index contributed by atoms with van der Waals surface area (Å²) in [6.45, 7) is 2.14. The summed E-state index contributed by atoms with van der Waals surface area (Å²) in [6, 6.07) is 0. The lowest BCUT2D eigenvalue weighted by molar-refractivity contribution is -0.137. The first-order valence-electron chi connectivity index (χ1n) is 6.50. The number of carboxylic acid groups (broad SMARTS) is 1. The molecule has 100 valence electrons. The molecule has 0 spiro atoms. The molecule has 0 saturated carbocycles. The van der Waals surface area contributed by atoms with Crippen LogP contribution in [0.1, 0.15) is 64.7 Å². The Balaban J connectivity index is 3.50. The summed E-state index contributed by atoms with van der Waals surface area (Å²) in [7, 11) is 0. The lowest BCUT2D eigenvalue weighted by atomic mass is 10.0. The Morgan fingerprint density at radius 1 is 1.00 bits per heavy atom. The maximum Gasteiger partial charge on any atom is 0.303 e. The van der Waals surface area contributed by atoms with Crippen molar-refractivity contribution in [3.63, 3.8) is 0 Å². The monoisotopic (exact) mass is 244 g/mol. The van der Waals surface area contributed by atoms with Crippen LogP contribution in [0, 0.1) is 0 Å². The smallest absolute Gasteiger partial charge is 0.303 e. The molecule has 0 radical (unpaired) electrons. The van der Waals surface area contributed by atoms with E-state index in [0.717, 1.165) is 19.3 Å². The van der Waals surface area contributed by atoms with Crippen LogP contribution < -0.4 is 0 Å². The summed E-state index contributed by atoms with van der Waals surface area (Å²) in [4.78, 5) is 21.7. The van der Waals surface area contributed by atoms with Gasteiger partial charge in [0.05, 0.1) is 0 Å². The van der Waals surface area contributed by atoms with Gasteiger partial charge in [-0.15, -0.1) is 0 Å². The Morgan fingerprint density at radius 2 is 1.65 bits per heavy atom. The minimum Gasteiger partial charge on any atom is -0.481 e. The van der Waals surface area contributed by atoms with Crippen LogP contribution in [0.2, 0.25) is 0 Å². The second kappa shape index (κ2) is 10.3. The molecule has 0 aliphatic heterocycles. The van der Waals surface area contributed by atoms with E-state index in [2.05, 4.69) is 6.92 Å². The Hall–Kier alpha value is -0.900. The fraction of sp³-hybridized carbons (Fsp3) is 0.846. The molecule has 0 bridgehead atoms. The van der Waals surface area contributed by atoms with Gasteiger partial charge in [0, 0.05) is 12.8 Å². The standard InChI is InChI=1S/C13H24O4/c1-2-3-4-5-6-8-11(14)12(15)9-7-10-13(16)17/h12,15H,2-10H2,1H3,(H,16,17). The topological polar surface area (TPSA) is 74.6 Å². The third-order valence-electron chi connectivity index (χ3n) is 2.77. The van der Waals surface area contributed by atoms with Crippen molar-refractivity contribution in [1.29, 1.82) is 0 Å². The molecular weight excluding hydrogens is 220 g/mol. The maximum absolute atomic E-state index is 11.5. The van der Waals surface area contributed by atoms with Crippen molar-refractivity contribution in [2.24, 2.45) is 0 Å². The molecule has 1 atom stereocenters. The second-order valence-corrected chi connectivity index (χ2v) is 4.43. The Morgan fingerprint density at radius 3 is 2.24 bits per heavy atom. The number of aliphatic hydroxyl groups is 1. The van der Waals surface area contributed by atoms with Crippen LogP contribution in [0.25, 0.3) is 0 Å². The molecule has 4 heteroatoms. The van der Waals surface area contributed by atoms with Crippen molar-refractivity contribution in [1.82, 2.24) is 0 Å². The van der Waals surface area contributed by atoms with Gasteiger partial charge in [0.1, 0.15) is 6.10 Å². The molecule has 0 aromatic rings. The Labute approximate surface area is 103 Å². The molecule has 0 saturated heterocycles. The third-order valence-corrected chi connectivity index (χ3v) is 2.77. The second-order valence-electron chi connectivity index (χ2n) is 4.43. The maximum atomic E-state index is 11.5. The Kier molecular flexibility index (Phi) is 9.72. The van der Waals surface area contributed by atoms with Crippen molar-refractivity contribution < 1.29 is 19.8 Å². The van der Waals surface area contributed by atoms with E-state index in [0.29, 0.717) is 12.8 Å². The number of Topliss-reactive ketones (excluding diaryl/α,β-unsaturated/α-hetero) is 1. The summed E-state index contributed by atoms with van der Waals surface area (Å²) < 4.78 is 0. The van der Waals surface area contributed by atoms with Crippen LogP contribution in [-0.2, 0) is 9.59 Å². The predicted molar refractivity (Wildman–Crippen MR) is 65.9 cm³/mol. The van der Waals surface area contributed by atoms with Crippen LogP contribution >= 0.6 is 0 Å². The number of unbranched alkanes of at least 4 members (excludes halogenated alkanes) is 4. The van der Waals surface area contributed by atoms with E-state index in [4.69, 9.17) is 5.11 Å². The molecule has 17 heavy (non-hydrogen) atoms. The number of ketones is 1. The average Bonchev–Trinajstić information content (AvgIpc) is 2.27. The molecule has 0 heterocycles. The summed E-state index contributed by atoms with van der Waals surface area (Å²) in [5.41, 5.74) is 0. The van der Waals surface area contributed by atoms with Gasteiger partial charge < -0.3 is 10.2 Å². The van der Waals surface area contributed by atoms with E-state index < -0.39 is 12.1 Å². The Bertz CT molecular complexity index is 225. The minimum atomic E-state index is -0.972. The largest absolute Gasteiger partial charge is 0.481 e. The van der Waals surface area contributed by atoms with Crippen molar-refractivity contribution in [3.05, 3.63) is 0 Å². The molecular formula is C13H24O4. The number of hydrogen-bond donors (Lipinski definition) is 2. The molecule has 1 unspecified atom stereocenters. The number of carbonyl (C=O) groups is 2. The van der Waals surface area contributed by atoms with Crippen molar-refractivity contribution in [2.75, 3.05) is 0 Å². The molecule has 2 N–H and O–H groups in total. The number of aliphatic hydroxyl groups excluding tert-OH is 1. The van der Waals surface area contributed by atoms with Gasteiger partial charge in [0.15, 0.2) is 5.78 Å². The van der Waals surface area contributed by atoms with E-state index >= 15 is 0 Å². The van der Waals surface area contributed by atoms with Gasteiger partial charge >= 0.3 is 5.97 Å². The summed E-state index contributed by atoms with van der Waals surface area (Å²) in [6.07, 6.45) is 5.44. The lowest BCUT2D eigenvalue weighted by Gasteiger charge is -2.08. The number of rotatable bonds is 11. The van der Waals surface area contributed by atoms with E-state index in [1.165, 1.54) is 12.8 Å². The van der Waals surface area contributed by atoms with Gasteiger partial charge in [-0.2, -0.15) is 0 Å². The number of carboxylic acids is 1. The first kappa shape index (κ1) is 16.1. The minimum absolute atomic E-state index is 0.0147. The summed E-state index contributed by atoms with van der Waals surface area (Å²) in [5, 5.41) is 17.9. The highest BCUT2D eigenvalue weighted by Gasteiger charge is 2.14. The fourth-order valence-corrected chi connectivity index (χ4v) is 1.68. The van der Waals surface area contributed by atoms with Crippen LogP contribution in [0.5, 0.6) is 0 Å². The SMILES string of the molecule is CCCCCCCC(=O)C(O)CCCC(=O)O. The predicted octanol–water partition coefficient (Wildman–Crippen LogP) is 2.53. The van der Waals surface area contributed by atoms with Crippen LogP contribution in [0.3, 0.4) is 0 Å². The normalized spacial score (nSPS) is 12.4. The average molecular weight is 244 g/mol. The van der Waals surface area contributed by atoms with Gasteiger partial charge in [0.25, 0.3) is 0 Å². The zero-order valence-corrected chi connectivity index (χ0v) is 10.7. The third kappa shape index (κ3) is 10.00. The molecule has 0 rings (SSSR count). The van der Waals surface area contributed by atoms with Crippen LogP contribution in [-0.4, -0.2) is 28.1 Å². The number of hydrogen-bond acceptors (Lipinski definition) is 3. The fourth-order valence-electron chi connectivity index (χ4n) is 1.68. The van der Waals surface area contributed by atoms with E-state index in [1.807, 2.05) is 0 Å². The van der Waals surface area contributed by atoms with E-state index in [1.54, 1.807) is 0 Å². The highest BCUT2D eigenvalue weighted by Crippen LogP contribution is 2.09. The number of carbonyl (C=O) groups excluding carboxylic acids is 1. The summed E-state index contributed by atoms with van der Waals surface area (Å²) in [5.74, 6) is -1.03. The highest BCUT2D eigenvalue weighted by atomic mass is 16.4. The molecule has 0 aliphatic carbocycles. The van der Waals surface area contributed by atoms with Gasteiger partial charge in [0.2, 0.25) is 0 Å². The first-order valence-corrected chi connectivity index (χ1v) is 6.50. The van der Waals surface area contributed by atoms with Crippen LogP contribution in [0.15, 0.2) is 0 Å². The molecule has 0 aromatic heterocycles. The van der Waals surface area contributed by atoms with Gasteiger partial charge in [-0.05, 0) is 19.3 Å². The van der Waals surface area contributed by atoms with Gasteiger partial charge in [-0.25, -0.2) is 0 Å². The summed E-state index contributed by atoms with van der Waals surface area (Å²) >= 11 is 0. The molecule has 4 nitrogen and oxygen atoms in total. The van der Waals surface area contributed by atoms with Crippen LogP contribution in [0.4, 0.5) is 0 Å². The molecule has 0 aromatic carbocycles. The zero-order valence-electron chi connectivity index (χ0n) is 10.7. The highest BCUT2D eigenvalue weighted by molar-refractivity contribution is 5.82. The molecule has 0 amide bonds. The quantitative estimate of drug-likeness (QED) is 0.548. The zero-order chi connectivity index (χ0) is 13.1. The number of aliphatic carboxylic acids is 1. The van der Waals surface area contributed by atoms with E-state index in [9.17, 15) is 14.7 Å². The molecule has 0 fully saturated rings. The lowest BCUT2D eigenvalue weighted by Crippen LogP contribution is -2.20. The van der Waals surface area contributed by atoms with Gasteiger partial charge in [-0.3, -0.25) is 9.59 Å². The van der Waals surface area contributed by atoms with Gasteiger partial charge in [-0.1, -0.05) is 32.6 Å². The van der Waals surface area contributed by atoms with Crippen molar-refractivity contribution in [3.8, 4) is 0 Å². The van der Waals surface area contributed by atoms with Crippen molar-refractivity contribution in [2.45, 2.75) is 70.8 Å². The first-order chi connectivity index (χ1) is 8.07. The van der Waals surface area contributed by atoms with E-state index in [-0.39, 0.29) is 18.6 Å². The van der Waals surface area contributed by atoms with Crippen molar-refractivity contribution >= 4 is 11.8 Å².